The fourth-order valence-electron chi connectivity index (χ4n) is 5.16. The van der Waals surface area contributed by atoms with Gasteiger partial charge in [-0.15, -0.1) is 0 Å². The Labute approximate surface area is 195 Å². The van der Waals surface area contributed by atoms with Gasteiger partial charge in [0, 0.05) is 60.9 Å². The van der Waals surface area contributed by atoms with E-state index >= 15 is 0 Å². The lowest BCUT2D eigenvalue weighted by molar-refractivity contribution is -0.136. The summed E-state index contributed by atoms with van der Waals surface area (Å²) in [6.45, 7) is 0.347. The van der Waals surface area contributed by atoms with Crippen LogP contribution in [0.15, 0.2) is 54.9 Å². The van der Waals surface area contributed by atoms with Gasteiger partial charge in [-0.25, -0.2) is 0 Å². The molecular formula is C26H23N5O3. The number of hydrogen-bond donors (Lipinski definition) is 1. The summed E-state index contributed by atoms with van der Waals surface area (Å²) in [5.74, 6) is -0.856. The van der Waals surface area contributed by atoms with Crippen molar-refractivity contribution in [3.05, 3.63) is 66.0 Å². The molecule has 1 N–H and O–H groups in total. The molecule has 0 saturated carbocycles. The number of piperidine rings is 1. The Morgan fingerprint density at radius 3 is 2.62 bits per heavy atom. The molecule has 2 aliphatic heterocycles. The molecule has 1 saturated heterocycles. The number of fused-ring (bicyclic) bond motifs is 2. The maximum absolute atomic E-state index is 13.0. The minimum Gasteiger partial charge on any atom is -0.351 e. The maximum Gasteiger partial charge on any atom is 0.255 e. The van der Waals surface area contributed by atoms with Crippen molar-refractivity contribution in [1.82, 2.24) is 24.6 Å². The lowest BCUT2D eigenvalue weighted by Gasteiger charge is -2.29. The van der Waals surface area contributed by atoms with Gasteiger partial charge in [-0.3, -0.25) is 24.4 Å². The number of aromatic nitrogens is 3. The van der Waals surface area contributed by atoms with Crippen LogP contribution in [-0.2, 0) is 30.2 Å². The molecule has 4 aromatic rings. The number of carbonyl (C=O) groups is 3. The summed E-state index contributed by atoms with van der Waals surface area (Å²) >= 11 is 0. The van der Waals surface area contributed by atoms with Crippen molar-refractivity contribution in [2.45, 2.75) is 25.4 Å². The molecule has 4 heterocycles. The van der Waals surface area contributed by atoms with Crippen molar-refractivity contribution in [2.24, 2.45) is 14.1 Å². The monoisotopic (exact) mass is 453 g/mol. The summed E-state index contributed by atoms with van der Waals surface area (Å²) in [4.78, 5) is 38.5. The molecule has 2 aliphatic rings. The molecule has 0 radical (unpaired) electrons. The normalized spacial score (nSPS) is 18.0. The number of carbonyl (C=O) groups excluding carboxylic acids is 3. The first kappa shape index (κ1) is 20.4. The standard InChI is InChI=1S/C26H23N5O3/c1-29-10-9-16-12-17(4-6-21(16)29)24-20(13-27-30(24)2)15-3-5-19-18(11-15)14-31(26(19)34)22-7-8-23(32)28-25(22)33/h3-6,9-13,22H,7-8,14H2,1-2H3,(H,28,32,33)/t22-/m0/s1. The Balaban J connectivity index is 1.36. The lowest BCUT2D eigenvalue weighted by atomic mass is 9.97. The molecule has 170 valence electrons. The highest BCUT2D eigenvalue weighted by Crippen LogP contribution is 2.36. The third-order valence-corrected chi connectivity index (χ3v) is 6.93. The Kier molecular flexibility index (Phi) is 4.45. The Hall–Kier alpha value is -4.20. The molecule has 3 amide bonds. The summed E-state index contributed by atoms with van der Waals surface area (Å²) in [6.07, 6.45) is 4.49. The van der Waals surface area contributed by atoms with Gasteiger partial charge in [0.25, 0.3) is 5.91 Å². The predicted molar refractivity (Wildman–Crippen MR) is 127 cm³/mol. The van der Waals surface area contributed by atoms with E-state index in [1.54, 1.807) is 4.90 Å². The number of hydrogen-bond acceptors (Lipinski definition) is 4. The summed E-state index contributed by atoms with van der Waals surface area (Å²) in [5, 5.41) is 8.03. The number of amides is 3. The highest BCUT2D eigenvalue weighted by molar-refractivity contribution is 6.05. The molecule has 6 rings (SSSR count). The van der Waals surface area contributed by atoms with Gasteiger partial charge in [-0.1, -0.05) is 12.1 Å². The summed E-state index contributed by atoms with van der Waals surface area (Å²) in [5.41, 5.74) is 6.65. The van der Waals surface area contributed by atoms with Gasteiger partial charge in [-0.05, 0) is 47.9 Å². The molecule has 1 fully saturated rings. The van der Waals surface area contributed by atoms with Gasteiger partial charge in [0.05, 0.1) is 11.9 Å². The van der Waals surface area contributed by atoms with E-state index in [4.69, 9.17) is 0 Å². The van der Waals surface area contributed by atoms with Gasteiger partial charge < -0.3 is 9.47 Å². The van der Waals surface area contributed by atoms with Crippen molar-refractivity contribution in [3.63, 3.8) is 0 Å². The number of nitrogens with zero attached hydrogens (tertiary/aromatic N) is 4. The molecule has 0 bridgehead atoms. The number of rotatable bonds is 3. The van der Waals surface area contributed by atoms with E-state index in [0.717, 1.165) is 38.9 Å². The van der Waals surface area contributed by atoms with E-state index in [9.17, 15) is 14.4 Å². The summed E-state index contributed by atoms with van der Waals surface area (Å²) in [6, 6.07) is 13.6. The van der Waals surface area contributed by atoms with Gasteiger partial charge >= 0.3 is 0 Å². The summed E-state index contributed by atoms with van der Waals surface area (Å²) < 4.78 is 3.96. The first-order valence-electron chi connectivity index (χ1n) is 11.3. The number of nitrogens with one attached hydrogen (secondary N) is 1. The van der Waals surface area contributed by atoms with Crippen molar-refractivity contribution < 1.29 is 14.4 Å². The third kappa shape index (κ3) is 3.06. The first-order chi connectivity index (χ1) is 16.4. The van der Waals surface area contributed by atoms with Crippen LogP contribution in [0, 0.1) is 0 Å². The van der Waals surface area contributed by atoms with Crippen LogP contribution in [0.1, 0.15) is 28.8 Å². The van der Waals surface area contributed by atoms with E-state index in [2.05, 4.69) is 39.2 Å². The van der Waals surface area contributed by atoms with Gasteiger partial charge in [0.2, 0.25) is 11.8 Å². The van der Waals surface area contributed by atoms with Crippen molar-refractivity contribution >= 4 is 28.6 Å². The Morgan fingerprint density at radius 2 is 1.79 bits per heavy atom. The van der Waals surface area contributed by atoms with Crippen LogP contribution in [0.5, 0.6) is 0 Å². The van der Waals surface area contributed by atoms with E-state index in [0.29, 0.717) is 18.5 Å². The molecule has 34 heavy (non-hydrogen) atoms. The smallest absolute Gasteiger partial charge is 0.255 e. The fourth-order valence-corrected chi connectivity index (χ4v) is 5.16. The number of benzene rings is 2. The number of aryl methyl sites for hydroxylation is 2. The minimum atomic E-state index is -0.618. The molecule has 0 spiro atoms. The Bertz CT molecular complexity index is 1510. The third-order valence-electron chi connectivity index (χ3n) is 6.93. The van der Waals surface area contributed by atoms with Crippen LogP contribution in [0.2, 0.25) is 0 Å². The summed E-state index contributed by atoms with van der Waals surface area (Å²) in [7, 11) is 3.96. The molecular weight excluding hydrogens is 430 g/mol. The molecule has 8 nitrogen and oxygen atoms in total. The molecule has 0 unspecified atom stereocenters. The van der Waals surface area contributed by atoms with E-state index < -0.39 is 11.9 Å². The zero-order valence-electron chi connectivity index (χ0n) is 18.9. The van der Waals surface area contributed by atoms with Gasteiger partial charge in [-0.2, -0.15) is 5.10 Å². The van der Waals surface area contributed by atoms with Crippen LogP contribution in [0.4, 0.5) is 0 Å². The molecule has 2 aromatic carbocycles. The SMILES string of the molecule is Cn1ncc(-c2ccc3c(c2)CN([C@H]2CCC(=O)NC2=O)C3=O)c1-c1ccc2c(ccn2C)c1. The quantitative estimate of drug-likeness (QED) is 0.483. The van der Waals surface area contributed by atoms with Crippen molar-refractivity contribution in [2.75, 3.05) is 0 Å². The van der Waals surface area contributed by atoms with Gasteiger partial charge in [0.1, 0.15) is 6.04 Å². The lowest BCUT2D eigenvalue weighted by Crippen LogP contribution is -2.52. The largest absolute Gasteiger partial charge is 0.351 e. The van der Waals surface area contributed by atoms with Crippen LogP contribution in [0.25, 0.3) is 33.3 Å². The Morgan fingerprint density at radius 1 is 0.971 bits per heavy atom. The van der Waals surface area contributed by atoms with E-state index in [-0.39, 0.29) is 18.2 Å². The molecule has 2 aromatic heterocycles. The highest BCUT2D eigenvalue weighted by Gasteiger charge is 2.39. The second kappa shape index (κ2) is 7.41. The molecule has 1 atom stereocenters. The zero-order chi connectivity index (χ0) is 23.6. The van der Waals surface area contributed by atoms with Crippen LogP contribution >= 0.6 is 0 Å². The van der Waals surface area contributed by atoms with Crippen LogP contribution in [-0.4, -0.2) is 43.0 Å². The maximum atomic E-state index is 13.0. The fraction of sp³-hybridized carbons (Fsp3) is 0.231. The average Bonchev–Trinajstić information content (AvgIpc) is 3.49. The highest BCUT2D eigenvalue weighted by atomic mass is 16.2. The minimum absolute atomic E-state index is 0.169. The first-order valence-corrected chi connectivity index (χ1v) is 11.3. The zero-order valence-corrected chi connectivity index (χ0v) is 18.9. The van der Waals surface area contributed by atoms with Crippen LogP contribution in [0.3, 0.4) is 0 Å². The molecule has 0 aliphatic carbocycles. The van der Waals surface area contributed by atoms with Crippen molar-refractivity contribution in [3.8, 4) is 22.4 Å². The van der Waals surface area contributed by atoms with E-state index in [1.807, 2.05) is 49.4 Å². The predicted octanol–water partition coefficient (Wildman–Crippen LogP) is 3.01. The van der Waals surface area contributed by atoms with Crippen molar-refractivity contribution in [1.29, 1.82) is 0 Å². The topological polar surface area (TPSA) is 89.2 Å². The number of imide groups is 1. The average molecular weight is 454 g/mol. The van der Waals surface area contributed by atoms with Gasteiger partial charge in [0.15, 0.2) is 0 Å². The second-order valence-corrected chi connectivity index (χ2v) is 9.00. The molecule has 8 heteroatoms. The second-order valence-electron chi connectivity index (χ2n) is 9.00. The van der Waals surface area contributed by atoms with Crippen LogP contribution < -0.4 is 5.32 Å². The van der Waals surface area contributed by atoms with E-state index in [1.165, 1.54) is 0 Å².